The van der Waals surface area contributed by atoms with Gasteiger partial charge in [-0.3, -0.25) is 0 Å². The normalized spacial score (nSPS) is 10.7. The van der Waals surface area contributed by atoms with E-state index in [2.05, 4.69) is 15.9 Å². The van der Waals surface area contributed by atoms with Crippen molar-refractivity contribution in [2.45, 2.75) is 13.8 Å². The van der Waals surface area contributed by atoms with Crippen LogP contribution in [0.3, 0.4) is 0 Å². The third-order valence-electron chi connectivity index (χ3n) is 3.17. The van der Waals surface area contributed by atoms with Crippen LogP contribution in [-0.2, 0) is 4.79 Å². The molecular weight excluding hydrogens is 344 g/mol. The first-order valence-electron chi connectivity index (χ1n) is 6.81. The maximum Gasteiger partial charge on any atom is 0.336 e. The summed E-state index contributed by atoms with van der Waals surface area (Å²) in [7, 11) is 1.60. The zero-order chi connectivity index (χ0) is 16.1. The molecule has 0 radical (unpaired) electrons. The lowest BCUT2D eigenvalue weighted by Crippen LogP contribution is -2.06. The molecule has 0 amide bonds. The van der Waals surface area contributed by atoms with Crippen molar-refractivity contribution in [2.75, 3.05) is 7.11 Å². The molecule has 0 N–H and O–H groups in total. The number of para-hydroxylation sites is 1. The number of methoxy groups -OCH3 is 1. The highest BCUT2D eigenvalue weighted by atomic mass is 79.9. The van der Waals surface area contributed by atoms with Crippen molar-refractivity contribution >= 4 is 28.0 Å². The van der Waals surface area contributed by atoms with Gasteiger partial charge in [0.15, 0.2) is 0 Å². The Hall–Kier alpha value is -2.07. The van der Waals surface area contributed by atoms with Crippen LogP contribution in [0.4, 0.5) is 0 Å². The Morgan fingerprint density at radius 2 is 1.77 bits per heavy atom. The molecule has 0 heterocycles. The van der Waals surface area contributed by atoms with Gasteiger partial charge in [-0.15, -0.1) is 0 Å². The maximum absolute atomic E-state index is 12.0. The van der Waals surface area contributed by atoms with Crippen molar-refractivity contribution in [1.29, 1.82) is 0 Å². The van der Waals surface area contributed by atoms with Gasteiger partial charge >= 0.3 is 5.97 Å². The van der Waals surface area contributed by atoms with Gasteiger partial charge in [0.05, 0.1) is 7.11 Å². The van der Waals surface area contributed by atoms with Gasteiger partial charge in [-0.05, 0) is 49.2 Å². The van der Waals surface area contributed by atoms with Crippen LogP contribution in [0, 0.1) is 13.8 Å². The topological polar surface area (TPSA) is 35.5 Å². The van der Waals surface area contributed by atoms with Gasteiger partial charge in [0.25, 0.3) is 0 Å². The summed E-state index contributed by atoms with van der Waals surface area (Å²) in [6.45, 7) is 3.81. The van der Waals surface area contributed by atoms with Gasteiger partial charge < -0.3 is 9.47 Å². The number of aryl methyl sites for hydroxylation is 2. The molecule has 0 aliphatic carbocycles. The number of benzene rings is 2. The van der Waals surface area contributed by atoms with Crippen LogP contribution in [0.2, 0.25) is 0 Å². The van der Waals surface area contributed by atoms with Gasteiger partial charge in [0.2, 0.25) is 0 Å². The Morgan fingerprint density at radius 1 is 1.14 bits per heavy atom. The molecule has 0 aliphatic heterocycles. The highest BCUT2D eigenvalue weighted by Gasteiger charge is 2.09. The van der Waals surface area contributed by atoms with Gasteiger partial charge in [-0.1, -0.05) is 34.1 Å². The quantitative estimate of drug-likeness (QED) is 0.450. The first kappa shape index (κ1) is 16.3. The van der Waals surface area contributed by atoms with Crippen LogP contribution < -0.4 is 9.47 Å². The van der Waals surface area contributed by atoms with E-state index in [-0.39, 0.29) is 0 Å². The Labute approximate surface area is 138 Å². The minimum atomic E-state index is -0.417. The number of carbonyl (C=O) groups excluding carboxylic acids is 1. The molecular formula is C18H17BrO3. The molecule has 0 unspecified atom stereocenters. The van der Waals surface area contributed by atoms with Crippen LogP contribution in [0.25, 0.3) is 6.08 Å². The second-order valence-corrected chi connectivity index (χ2v) is 5.78. The fourth-order valence-electron chi connectivity index (χ4n) is 2.15. The predicted molar refractivity (Wildman–Crippen MR) is 91.3 cm³/mol. The van der Waals surface area contributed by atoms with Crippen LogP contribution in [0.15, 0.2) is 46.9 Å². The van der Waals surface area contributed by atoms with E-state index in [0.29, 0.717) is 11.5 Å². The van der Waals surface area contributed by atoms with Crippen LogP contribution in [0.5, 0.6) is 11.5 Å². The third kappa shape index (κ3) is 3.98. The van der Waals surface area contributed by atoms with E-state index < -0.39 is 5.97 Å². The number of rotatable bonds is 4. The summed E-state index contributed by atoms with van der Waals surface area (Å²) in [6, 6.07) is 11.3. The van der Waals surface area contributed by atoms with Crippen LogP contribution in [-0.4, -0.2) is 13.1 Å². The smallest absolute Gasteiger partial charge is 0.336 e. The summed E-state index contributed by atoms with van der Waals surface area (Å²) in [4.78, 5) is 12.0. The molecule has 0 fully saturated rings. The summed E-state index contributed by atoms with van der Waals surface area (Å²) < 4.78 is 11.6. The van der Waals surface area contributed by atoms with Crippen LogP contribution >= 0.6 is 15.9 Å². The molecule has 2 aromatic carbocycles. The Morgan fingerprint density at radius 3 is 2.41 bits per heavy atom. The summed E-state index contributed by atoms with van der Waals surface area (Å²) in [6.07, 6.45) is 3.09. The second kappa shape index (κ2) is 7.27. The number of ether oxygens (including phenoxy) is 2. The monoisotopic (exact) mass is 360 g/mol. The molecule has 0 atom stereocenters. The zero-order valence-electron chi connectivity index (χ0n) is 12.7. The molecule has 0 aromatic heterocycles. The van der Waals surface area contributed by atoms with E-state index in [1.165, 1.54) is 6.08 Å². The molecule has 0 bridgehead atoms. The standard InChI is InChI=1S/C18H17BrO3/c1-12-10-15(19)11-13(2)18(12)22-17(20)9-8-14-6-4-5-7-16(14)21-3/h4-11H,1-3H3. The lowest BCUT2D eigenvalue weighted by molar-refractivity contribution is -0.129. The number of hydrogen-bond donors (Lipinski definition) is 0. The minimum absolute atomic E-state index is 0.417. The Kier molecular flexibility index (Phi) is 5.39. The van der Waals surface area contributed by atoms with E-state index in [4.69, 9.17) is 9.47 Å². The fraction of sp³-hybridized carbons (Fsp3) is 0.167. The number of halogens is 1. The SMILES string of the molecule is COc1ccccc1C=CC(=O)Oc1c(C)cc(Br)cc1C. The predicted octanol–water partition coefficient (Wildman–Crippen LogP) is 4.69. The number of hydrogen-bond acceptors (Lipinski definition) is 3. The molecule has 3 nitrogen and oxygen atoms in total. The van der Waals surface area contributed by atoms with Gasteiger partial charge in [-0.2, -0.15) is 0 Å². The van der Waals surface area contributed by atoms with E-state index in [1.54, 1.807) is 13.2 Å². The molecule has 2 rings (SSSR count). The van der Waals surface area contributed by atoms with Crippen LogP contribution in [0.1, 0.15) is 16.7 Å². The first-order chi connectivity index (χ1) is 10.5. The average molecular weight is 361 g/mol. The average Bonchev–Trinajstić information content (AvgIpc) is 2.49. The third-order valence-corrected chi connectivity index (χ3v) is 3.62. The molecule has 114 valence electrons. The largest absolute Gasteiger partial charge is 0.496 e. The Balaban J connectivity index is 2.15. The highest BCUT2D eigenvalue weighted by molar-refractivity contribution is 9.10. The fourth-order valence-corrected chi connectivity index (χ4v) is 2.84. The van der Waals surface area contributed by atoms with E-state index in [9.17, 15) is 4.79 Å². The van der Waals surface area contributed by atoms with Crippen molar-refractivity contribution in [3.63, 3.8) is 0 Å². The number of esters is 1. The Bertz CT molecular complexity index is 697. The summed E-state index contributed by atoms with van der Waals surface area (Å²) in [5.41, 5.74) is 2.64. The lowest BCUT2D eigenvalue weighted by Gasteiger charge is -2.09. The van der Waals surface area contributed by atoms with Gasteiger partial charge in [0.1, 0.15) is 11.5 Å². The molecule has 2 aromatic rings. The first-order valence-corrected chi connectivity index (χ1v) is 7.60. The van der Waals surface area contributed by atoms with Gasteiger partial charge in [0, 0.05) is 16.1 Å². The molecule has 0 spiro atoms. The molecule has 22 heavy (non-hydrogen) atoms. The molecule has 4 heteroatoms. The summed E-state index contributed by atoms with van der Waals surface area (Å²) >= 11 is 3.42. The van der Waals surface area contributed by atoms with Gasteiger partial charge in [-0.25, -0.2) is 4.79 Å². The zero-order valence-corrected chi connectivity index (χ0v) is 14.3. The number of carbonyl (C=O) groups is 1. The van der Waals surface area contributed by atoms with Crippen molar-refractivity contribution in [2.24, 2.45) is 0 Å². The molecule has 0 saturated heterocycles. The maximum atomic E-state index is 12.0. The van der Waals surface area contributed by atoms with E-state index in [1.807, 2.05) is 50.2 Å². The summed E-state index contributed by atoms with van der Waals surface area (Å²) in [5, 5.41) is 0. The lowest BCUT2D eigenvalue weighted by atomic mass is 10.1. The molecule has 0 saturated carbocycles. The van der Waals surface area contributed by atoms with E-state index in [0.717, 1.165) is 21.2 Å². The second-order valence-electron chi connectivity index (χ2n) is 4.87. The minimum Gasteiger partial charge on any atom is -0.496 e. The van der Waals surface area contributed by atoms with Crippen molar-refractivity contribution in [3.8, 4) is 11.5 Å². The summed E-state index contributed by atoms with van der Waals surface area (Å²) in [5.74, 6) is 0.889. The van der Waals surface area contributed by atoms with Crippen molar-refractivity contribution < 1.29 is 14.3 Å². The van der Waals surface area contributed by atoms with Crippen molar-refractivity contribution in [1.82, 2.24) is 0 Å². The van der Waals surface area contributed by atoms with Crippen molar-refractivity contribution in [3.05, 3.63) is 63.6 Å². The highest BCUT2D eigenvalue weighted by Crippen LogP contribution is 2.27. The van der Waals surface area contributed by atoms with E-state index >= 15 is 0 Å². The molecule has 0 aliphatic rings.